The zero-order valence-corrected chi connectivity index (χ0v) is 9.20. The second kappa shape index (κ2) is 7.51. The molecule has 0 bridgehead atoms. The van der Waals surface area contributed by atoms with Gasteiger partial charge in [-0.3, -0.25) is 5.73 Å². The van der Waals surface area contributed by atoms with Crippen molar-refractivity contribution in [1.82, 2.24) is 0 Å². The molecular weight excluding hydrogens is 232 g/mol. The van der Waals surface area contributed by atoms with Crippen molar-refractivity contribution in [3.8, 4) is 11.8 Å². The van der Waals surface area contributed by atoms with Gasteiger partial charge in [0, 0.05) is 0 Å². The first-order valence-electron chi connectivity index (χ1n) is 4.25. The molecule has 6 heteroatoms. The lowest BCUT2D eigenvalue weighted by Gasteiger charge is -2.07. The molecule has 16 heavy (non-hydrogen) atoms. The van der Waals surface area contributed by atoms with Gasteiger partial charge in [-0.05, 0) is 12.1 Å². The van der Waals surface area contributed by atoms with E-state index < -0.39 is 5.97 Å². The Balaban J connectivity index is 0.00000225. The number of nitrogens with two attached hydrogens (primary N) is 1. The highest BCUT2D eigenvalue weighted by atomic mass is 35.5. The zero-order chi connectivity index (χ0) is 11.1. The van der Waals surface area contributed by atoms with Crippen LogP contribution in [0.1, 0.15) is 10.4 Å². The maximum atomic E-state index is 11.4. The first-order valence-corrected chi connectivity index (χ1v) is 4.25. The summed E-state index contributed by atoms with van der Waals surface area (Å²) in [6.07, 6.45) is 0. The summed E-state index contributed by atoms with van der Waals surface area (Å²) in [5.74, 6) is -0.247. The number of nitrogens with zero attached hydrogens (tertiary/aromatic N) is 1. The molecule has 0 radical (unpaired) electrons. The van der Waals surface area contributed by atoms with Gasteiger partial charge in [0.1, 0.15) is 24.1 Å². The third-order valence-electron chi connectivity index (χ3n) is 1.61. The van der Waals surface area contributed by atoms with Crippen molar-refractivity contribution in [1.29, 1.82) is 5.26 Å². The molecule has 0 saturated heterocycles. The van der Waals surface area contributed by atoms with Crippen LogP contribution in [0, 0.1) is 11.3 Å². The van der Waals surface area contributed by atoms with Crippen molar-refractivity contribution in [2.24, 2.45) is 5.73 Å². The third-order valence-corrected chi connectivity index (χ3v) is 1.61. The van der Waals surface area contributed by atoms with Gasteiger partial charge in [0.2, 0.25) is 0 Å². The number of rotatable bonds is 4. The number of para-hydroxylation sites is 1. The Labute approximate surface area is 99.2 Å². The molecule has 0 aromatic heterocycles. The van der Waals surface area contributed by atoms with Crippen LogP contribution in [-0.2, 0) is 4.74 Å². The number of ether oxygens (including phenoxy) is 2. The molecule has 1 rings (SSSR count). The first-order chi connectivity index (χ1) is 7.29. The van der Waals surface area contributed by atoms with E-state index in [0.29, 0.717) is 5.75 Å². The van der Waals surface area contributed by atoms with E-state index in [2.05, 4.69) is 4.74 Å². The minimum Gasteiger partial charge on any atom is -0.478 e. The quantitative estimate of drug-likeness (QED) is 0.631. The van der Waals surface area contributed by atoms with Gasteiger partial charge in [-0.15, -0.1) is 12.4 Å². The van der Waals surface area contributed by atoms with Crippen LogP contribution in [0.25, 0.3) is 0 Å². The van der Waals surface area contributed by atoms with Gasteiger partial charge in [0.05, 0.1) is 0 Å². The van der Waals surface area contributed by atoms with Gasteiger partial charge in [-0.1, -0.05) is 12.1 Å². The molecule has 0 aliphatic heterocycles. The van der Waals surface area contributed by atoms with Gasteiger partial charge in [-0.25, -0.2) is 4.79 Å². The zero-order valence-electron chi connectivity index (χ0n) is 8.38. The van der Waals surface area contributed by atoms with Crippen LogP contribution in [0.4, 0.5) is 0 Å². The van der Waals surface area contributed by atoms with Gasteiger partial charge in [0.25, 0.3) is 0 Å². The molecule has 0 heterocycles. The number of halogens is 1. The highest BCUT2D eigenvalue weighted by Crippen LogP contribution is 2.18. The lowest BCUT2D eigenvalue weighted by molar-refractivity contribution is 0.0550. The summed E-state index contributed by atoms with van der Waals surface area (Å²) in [6, 6.07) is 8.25. The number of hydrogen-bond acceptors (Lipinski definition) is 5. The number of nitriles is 1. The van der Waals surface area contributed by atoms with Crippen LogP contribution in [-0.4, -0.2) is 19.3 Å². The summed E-state index contributed by atoms with van der Waals surface area (Å²) >= 11 is 0. The number of benzene rings is 1. The Morgan fingerprint density at radius 2 is 2.12 bits per heavy atom. The molecule has 0 saturated carbocycles. The van der Waals surface area contributed by atoms with E-state index in [9.17, 15) is 4.79 Å². The molecule has 0 aliphatic carbocycles. The first kappa shape index (κ1) is 14.2. The molecule has 0 atom stereocenters. The molecule has 1 aromatic carbocycles. The van der Waals surface area contributed by atoms with Crippen LogP contribution in [0.5, 0.6) is 5.75 Å². The Hall–Kier alpha value is -1.77. The topological polar surface area (TPSA) is 85.3 Å². The largest absolute Gasteiger partial charge is 0.478 e. The van der Waals surface area contributed by atoms with Crippen LogP contribution >= 0.6 is 12.4 Å². The van der Waals surface area contributed by atoms with Gasteiger partial charge in [-0.2, -0.15) is 5.26 Å². The Morgan fingerprint density at radius 1 is 1.44 bits per heavy atom. The molecule has 0 fully saturated rings. The van der Waals surface area contributed by atoms with Crippen molar-refractivity contribution < 1.29 is 14.3 Å². The van der Waals surface area contributed by atoms with Crippen LogP contribution in [0.2, 0.25) is 0 Å². The summed E-state index contributed by atoms with van der Waals surface area (Å²) in [5.41, 5.74) is 5.47. The smallest absolute Gasteiger partial charge is 0.342 e. The van der Waals surface area contributed by atoms with Crippen LogP contribution < -0.4 is 10.5 Å². The second-order valence-corrected chi connectivity index (χ2v) is 2.54. The fourth-order valence-corrected chi connectivity index (χ4v) is 1.03. The number of hydrogen-bond donors (Lipinski definition) is 1. The third kappa shape index (κ3) is 3.77. The van der Waals surface area contributed by atoms with E-state index in [1.165, 1.54) is 0 Å². The summed E-state index contributed by atoms with van der Waals surface area (Å²) in [4.78, 5) is 11.4. The SMILES string of the molecule is Cl.N#CCOC(=O)c1ccccc1OCN. The van der Waals surface area contributed by atoms with Gasteiger partial charge in [0.15, 0.2) is 6.61 Å². The lowest BCUT2D eigenvalue weighted by atomic mass is 10.2. The maximum Gasteiger partial charge on any atom is 0.342 e. The number of carbonyl (C=O) groups is 1. The molecule has 86 valence electrons. The minimum atomic E-state index is -0.597. The van der Waals surface area contributed by atoms with E-state index in [4.69, 9.17) is 15.7 Å². The molecule has 0 amide bonds. The van der Waals surface area contributed by atoms with Crippen LogP contribution in [0.15, 0.2) is 24.3 Å². The number of carbonyl (C=O) groups excluding carboxylic acids is 1. The monoisotopic (exact) mass is 242 g/mol. The average Bonchev–Trinajstić information content (AvgIpc) is 2.27. The molecule has 5 nitrogen and oxygen atoms in total. The predicted molar refractivity (Wildman–Crippen MR) is 59.3 cm³/mol. The Kier molecular flexibility index (Phi) is 6.68. The van der Waals surface area contributed by atoms with Crippen molar-refractivity contribution >= 4 is 18.4 Å². The molecule has 2 N–H and O–H groups in total. The fourth-order valence-electron chi connectivity index (χ4n) is 1.03. The van der Waals surface area contributed by atoms with Gasteiger partial charge < -0.3 is 9.47 Å². The average molecular weight is 243 g/mol. The standard InChI is InChI=1S/C10H10N2O3.ClH/c11-5-6-14-10(13)8-3-1-2-4-9(8)15-7-12;/h1-4H,6-7,12H2;1H. The van der Waals surface area contributed by atoms with Gasteiger partial charge >= 0.3 is 5.97 Å². The van der Waals surface area contributed by atoms with Crippen molar-refractivity contribution in [2.45, 2.75) is 0 Å². The van der Waals surface area contributed by atoms with Crippen molar-refractivity contribution in [3.63, 3.8) is 0 Å². The summed E-state index contributed by atoms with van der Waals surface area (Å²) in [7, 11) is 0. The second-order valence-electron chi connectivity index (χ2n) is 2.54. The van der Waals surface area contributed by atoms with E-state index >= 15 is 0 Å². The Morgan fingerprint density at radius 3 is 2.75 bits per heavy atom. The number of esters is 1. The normalized spacial score (nSPS) is 8.50. The summed E-state index contributed by atoms with van der Waals surface area (Å²) in [6.45, 7) is -0.307. The van der Waals surface area contributed by atoms with Crippen molar-refractivity contribution in [3.05, 3.63) is 29.8 Å². The highest BCUT2D eigenvalue weighted by molar-refractivity contribution is 5.92. The molecule has 0 aliphatic rings. The van der Waals surface area contributed by atoms with E-state index in [1.54, 1.807) is 30.3 Å². The van der Waals surface area contributed by atoms with E-state index in [1.807, 2.05) is 0 Å². The maximum absolute atomic E-state index is 11.4. The minimum absolute atomic E-state index is 0. The van der Waals surface area contributed by atoms with E-state index in [0.717, 1.165) is 0 Å². The molecular formula is C10H11ClN2O3. The lowest BCUT2D eigenvalue weighted by Crippen LogP contribution is -2.12. The van der Waals surface area contributed by atoms with Crippen LogP contribution in [0.3, 0.4) is 0 Å². The van der Waals surface area contributed by atoms with Crippen molar-refractivity contribution in [2.75, 3.05) is 13.3 Å². The fraction of sp³-hybridized carbons (Fsp3) is 0.200. The molecule has 1 aromatic rings. The summed E-state index contributed by atoms with van der Waals surface area (Å²) in [5, 5.41) is 8.26. The van der Waals surface area contributed by atoms with E-state index in [-0.39, 0.29) is 31.3 Å². The Bertz CT molecular complexity index is 390. The predicted octanol–water partition coefficient (Wildman–Crippen LogP) is 1.08. The summed E-state index contributed by atoms with van der Waals surface area (Å²) < 4.78 is 9.68. The molecule has 0 spiro atoms. The highest BCUT2D eigenvalue weighted by Gasteiger charge is 2.12. The molecule has 0 unspecified atom stereocenters.